The molecule has 0 atom stereocenters. The van der Waals surface area contributed by atoms with Gasteiger partial charge in [-0.2, -0.15) is 23.4 Å². The molecule has 0 spiro atoms. The van der Waals surface area contributed by atoms with E-state index in [4.69, 9.17) is 38.2 Å². The van der Waals surface area contributed by atoms with Crippen molar-refractivity contribution in [1.82, 2.24) is 15.0 Å². The van der Waals surface area contributed by atoms with Gasteiger partial charge in [0.1, 0.15) is 10.6 Å². The average Bonchev–Trinajstić information content (AvgIpc) is 2.36. The SMILES string of the molecule is COc1cc(S(=O)(=O)O)c(N)cc1Nc1nc(Cl)nc(Cl)n1. The van der Waals surface area contributed by atoms with Crippen LogP contribution in [0.2, 0.25) is 10.6 Å². The van der Waals surface area contributed by atoms with Crippen LogP contribution in [-0.4, -0.2) is 35.0 Å². The van der Waals surface area contributed by atoms with E-state index in [9.17, 15) is 8.42 Å². The van der Waals surface area contributed by atoms with Gasteiger partial charge in [0.25, 0.3) is 10.1 Å². The Morgan fingerprint density at radius 2 is 1.82 bits per heavy atom. The van der Waals surface area contributed by atoms with Crippen molar-refractivity contribution in [2.75, 3.05) is 18.2 Å². The van der Waals surface area contributed by atoms with Crippen molar-refractivity contribution in [3.8, 4) is 5.75 Å². The van der Waals surface area contributed by atoms with E-state index in [0.29, 0.717) is 0 Å². The summed E-state index contributed by atoms with van der Waals surface area (Å²) in [6.07, 6.45) is 0. The smallest absolute Gasteiger partial charge is 0.296 e. The molecule has 9 nitrogen and oxygen atoms in total. The summed E-state index contributed by atoms with van der Waals surface area (Å²) in [4.78, 5) is 10.7. The standard InChI is InChI=1S/C10H9Cl2N5O4S/c1-21-6-3-7(22(18,19)20)4(13)2-5(6)14-10-16-8(11)15-9(12)17-10/h2-3H,13H2,1H3,(H,18,19,20)(H,14,15,16,17). The number of nitrogens with two attached hydrogens (primary N) is 1. The van der Waals surface area contributed by atoms with Crippen LogP contribution < -0.4 is 15.8 Å². The van der Waals surface area contributed by atoms with Gasteiger partial charge in [-0.3, -0.25) is 4.55 Å². The highest BCUT2D eigenvalue weighted by Gasteiger charge is 2.18. The second-order valence-electron chi connectivity index (χ2n) is 3.89. The number of aromatic nitrogens is 3. The van der Waals surface area contributed by atoms with Crippen LogP contribution in [0.3, 0.4) is 0 Å². The maximum Gasteiger partial charge on any atom is 0.296 e. The molecular weight excluding hydrogens is 357 g/mol. The minimum absolute atomic E-state index is 0.00213. The van der Waals surface area contributed by atoms with Gasteiger partial charge in [0.05, 0.1) is 18.5 Å². The number of benzene rings is 1. The molecule has 2 aromatic rings. The molecule has 0 radical (unpaired) electrons. The first-order valence-electron chi connectivity index (χ1n) is 5.50. The third-order valence-electron chi connectivity index (χ3n) is 2.44. The molecule has 0 aliphatic rings. The fourth-order valence-electron chi connectivity index (χ4n) is 1.57. The lowest BCUT2D eigenvalue weighted by atomic mass is 10.2. The van der Waals surface area contributed by atoms with Gasteiger partial charge in [0.2, 0.25) is 16.5 Å². The lowest BCUT2D eigenvalue weighted by Crippen LogP contribution is -2.06. The van der Waals surface area contributed by atoms with E-state index in [1.807, 2.05) is 0 Å². The molecule has 1 heterocycles. The fraction of sp³-hybridized carbons (Fsp3) is 0.100. The number of anilines is 3. The molecule has 0 aliphatic heterocycles. The quantitative estimate of drug-likeness (QED) is 0.545. The monoisotopic (exact) mass is 365 g/mol. The summed E-state index contributed by atoms with van der Waals surface area (Å²) in [6, 6.07) is 2.28. The molecule has 1 aromatic carbocycles. The summed E-state index contributed by atoms with van der Waals surface area (Å²) in [5.41, 5.74) is 5.65. The van der Waals surface area contributed by atoms with Gasteiger partial charge in [0.15, 0.2) is 0 Å². The highest BCUT2D eigenvalue weighted by atomic mass is 35.5. The lowest BCUT2D eigenvalue weighted by molar-refractivity contribution is 0.414. The Labute approximate surface area is 135 Å². The molecule has 0 saturated carbocycles. The third kappa shape index (κ3) is 3.65. The van der Waals surface area contributed by atoms with E-state index in [2.05, 4.69) is 20.3 Å². The molecule has 0 bridgehead atoms. The molecule has 1 aromatic heterocycles. The first kappa shape index (κ1) is 16.5. The van der Waals surface area contributed by atoms with E-state index >= 15 is 0 Å². The molecule has 4 N–H and O–H groups in total. The van der Waals surface area contributed by atoms with Gasteiger partial charge < -0.3 is 15.8 Å². The molecule has 0 amide bonds. The zero-order valence-electron chi connectivity index (χ0n) is 10.9. The highest BCUT2D eigenvalue weighted by molar-refractivity contribution is 7.86. The van der Waals surface area contributed by atoms with Crippen LogP contribution >= 0.6 is 23.2 Å². The Hall–Kier alpha value is -1.88. The topological polar surface area (TPSA) is 140 Å². The van der Waals surface area contributed by atoms with Crippen LogP contribution in [0.25, 0.3) is 0 Å². The van der Waals surface area contributed by atoms with Crippen molar-refractivity contribution in [3.05, 3.63) is 22.7 Å². The van der Waals surface area contributed by atoms with Crippen LogP contribution in [0.15, 0.2) is 17.0 Å². The van der Waals surface area contributed by atoms with Gasteiger partial charge in [-0.1, -0.05) is 0 Å². The number of nitrogens with one attached hydrogen (secondary N) is 1. The maximum atomic E-state index is 11.2. The summed E-state index contributed by atoms with van der Waals surface area (Å²) >= 11 is 11.3. The minimum atomic E-state index is -4.49. The largest absolute Gasteiger partial charge is 0.495 e. The van der Waals surface area contributed by atoms with Crippen LogP contribution in [0.5, 0.6) is 5.75 Å². The molecule has 2 rings (SSSR count). The van der Waals surface area contributed by atoms with Crippen molar-refractivity contribution in [2.45, 2.75) is 4.90 Å². The first-order valence-corrected chi connectivity index (χ1v) is 7.69. The number of nitrogens with zero attached hydrogens (tertiary/aromatic N) is 3. The van der Waals surface area contributed by atoms with Crippen LogP contribution in [0, 0.1) is 0 Å². The Bertz CT molecular complexity index is 810. The van der Waals surface area contributed by atoms with E-state index in [0.717, 1.165) is 6.07 Å². The number of hydrogen-bond acceptors (Lipinski definition) is 8. The molecule has 0 saturated heterocycles. The predicted octanol–water partition coefficient (Wildman–Crippen LogP) is 1.76. The Morgan fingerprint density at radius 3 is 2.32 bits per heavy atom. The highest BCUT2D eigenvalue weighted by Crippen LogP contribution is 2.33. The van der Waals surface area contributed by atoms with Crippen molar-refractivity contribution in [1.29, 1.82) is 0 Å². The number of rotatable bonds is 4. The van der Waals surface area contributed by atoms with Gasteiger partial charge >= 0.3 is 0 Å². The van der Waals surface area contributed by atoms with Crippen molar-refractivity contribution < 1.29 is 17.7 Å². The van der Waals surface area contributed by atoms with Crippen LogP contribution in [0.4, 0.5) is 17.3 Å². The number of hydrogen-bond donors (Lipinski definition) is 3. The zero-order valence-corrected chi connectivity index (χ0v) is 13.2. The number of nitrogen functional groups attached to an aromatic ring is 1. The minimum Gasteiger partial charge on any atom is -0.495 e. The van der Waals surface area contributed by atoms with E-state index in [1.165, 1.54) is 13.2 Å². The molecule has 118 valence electrons. The second kappa shape index (κ2) is 6.08. The average molecular weight is 366 g/mol. The molecule has 0 aliphatic carbocycles. The fourth-order valence-corrected chi connectivity index (χ4v) is 2.55. The number of methoxy groups -OCH3 is 1. The molecule has 0 unspecified atom stereocenters. The van der Waals surface area contributed by atoms with Crippen molar-refractivity contribution >= 4 is 50.6 Å². The summed E-state index contributed by atoms with van der Waals surface area (Å²) < 4.78 is 36.6. The molecular formula is C10H9Cl2N5O4S. The van der Waals surface area contributed by atoms with Crippen molar-refractivity contribution in [3.63, 3.8) is 0 Å². The Balaban J connectivity index is 2.49. The van der Waals surface area contributed by atoms with E-state index in [1.54, 1.807) is 0 Å². The van der Waals surface area contributed by atoms with Gasteiger partial charge in [-0.15, -0.1) is 0 Å². The predicted molar refractivity (Wildman–Crippen MR) is 80.4 cm³/mol. The Kier molecular flexibility index (Phi) is 4.56. The normalized spacial score (nSPS) is 11.3. The summed E-state index contributed by atoms with van der Waals surface area (Å²) in [6.45, 7) is 0. The summed E-state index contributed by atoms with van der Waals surface area (Å²) in [5.74, 6) is 0.0804. The van der Waals surface area contributed by atoms with Gasteiger partial charge in [-0.25, -0.2) is 0 Å². The maximum absolute atomic E-state index is 11.2. The third-order valence-corrected chi connectivity index (χ3v) is 3.68. The first-order chi connectivity index (χ1) is 10.2. The molecule has 12 heteroatoms. The summed E-state index contributed by atoms with van der Waals surface area (Å²) in [5, 5.41) is 2.44. The van der Waals surface area contributed by atoms with Gasteiger partial charge in [0, 0.05) is 6.07 Å². The number of halogens is 2. The van der Waals surface area contributed by atoms with E-state index in [-0.39, 0.29) is 33.6 Å². The Morgan fingerprint density at radius 1 is 1.23 bits per heavy atom. The molecule has 22 heavy (non-hydrogen) atoms. The lowest BCUT2D eigenvalue weighted by Gasteiger charge is -2.13. The zero-order chi connectivity index (χ0) is 16.5. The van der Waals surface area contributed by atoms with Crippen LogP contribution in [-0.2, 0) is 10.1 Å². The summed E-state index contributed by atoms with van der Waals surface area (Å²) in [7, 11) is -3.18. The van der Waals surface area contributed by atoms with Crippen molar-refractivity contribution in [2.24, 2.45) is 0 Å². The molecule has 0 fully saturated rings. The van der Waals surface area contributed by atoms with E-state index < -0.39 is 15.0 Å². The second-order valence-corrected chi connectivity index (χ2v) is 5.95. The van der Waals surface area contributed by atoms with Crippen LogP contribution in [0.1, 0.15) is 0 Å². The van der Waals surface area contributed by atoms with Gasteiger partial charge in [-0.05, 0) is 29.3 Å². The number of ether oxygens (including phenoxy) is 1.